The molecule has 1 aliphatic rings. The maximum atomic E-state index is 12.9. The van der Waals surface area contributed by atoms with E-state index in [0.29, 0.717) is 16.0 Å². The average Bonchev–Trinajstić information content (AvgIpc) is 2.88. The van der Waals surface area contributed by atoms with Crippen LogP contribution in [0.15, 0.2) is 53.4 Å². The number of thioether (sulfide) groups is 1. The van der Waals surface area contributed by atoms with Gasteiger partial charge in [0, 0.05) is 0 Å². The van der Waals surface area contributed by atoms with Gasteiger partial charge in [-0.05, 0) is 42.0 Å². The van der Waals surface area contributed by atoms with Gasteiger partial charge in [0.25, 0.3) is 5.91 Å². The average molecular weight is 390 g/mol. The molecule has 8 heteroatoms. The molecule has 0 saturated carbocycles. The molecule has 2 aromatic carbocycles. The van der Waals surface area contributed by atoms with Crippen molar-refractivity contribution in [2.24, 2.45) is 0 Å². The summed E-state index contributed by atoms with van der Waals surface area (Å²) in [5, 5.41) is 8.80. The minimum atomic E-state index is -4.51. The molecule has 0 N–H and O–H groups in total. The zero-order valence-electron chi connectivity index (χ0n) is 12.9. The highest BCUT2D eigenvalue weighted by atomic mass is 32.2. The Morgan fingerprint density at radius 3 is 2.46 bits per heavy atom. The summed E-state index contributed by atoms with van der Waals surface area (Å²) in [5.74, 6) is -0.483. The molecular formula is C18H9F3N2OS2. The molecule has 2 aromatic rings. The fourth-order valence-electron chi connectivity index (χ4n) is 2.32. The topological polar surface area (TPSA) is 44.1 Å². The van der Waals surface area contributed by atoms with Gasteiger partial charge in [0.1, 0.15) is 0 Å². The van der Waals surface area contributed by atoms with Crippen molar-refractivity contribution < 1.29 is 18.0 Å². The van der Waals surface area contributed by atoms with Crippen molar-refractivity contribution >= 4 is 46.0 Å². The number of hydrogen-bond donors (Lipinski definition) is 0. The van der Waals surface area contributed by atoms with Crippen LogP contribution in [-0.4, -0.2) is 10.2 Å². The molecule has 1 amide bonds. The molecule has 0 spiro atoms. The van der Waals surface area contributed by atoms with Crippen LogP contribution in [0.2, 0.25) is 0 Å². The predicted molar refractivity (Wildman–Crippen MR) is 98.3 cm³/mol. The van der Waals surface area contributed by atoms with E-state index in [0.717, 1.165) is 28.8 Å². The van der Waals surface area contributed by atoms with E-state index < -0.39 is 17.6 Å². The number of amides is 1. The van der Waals surface area contributed by atoms with Crippen molar-refractivity contribution in [3.05, 3.63) is 70.1 Å². The largest absolute Gasteiger partial charge is 0.416 e. The number of hydrogen-bond acceptors (Lipinski definition) is 4. The molecule has 26 heavy (non-hydrogen) atoms. The Bertz CT molecular complexity index is 960. The summed E-state index contributed by atoms with van der Waals surface area (Å²) >= 11 is 6.19. The molecule has 0 aromatic heterocycles. The fraction of sp³-hybridized carbons (Fsp3) is 0.0556. The number of carbonyl (C=O) groups excluding carboxylic acids is 1. The second-order valence-corrected chi connectivity index (χ2v) is 6.97. The minimum absolute atomic E-state index is 0.0746. The summed E-state index contributed by atoms with van der Waals surface area (Å²) in [6, 6.07) is 13.0. The zero-order chi connectivity index (χ0) is 18.9. The van der Waals surface area contributed by atoms with Crippen LogP contribution >= 0.6 is 24.0 Å². The van der Waals surface area contributed by atoms with E-state index >= 15 is 0 Å². The fourth-order valence-corrected chi connectivity index (χ4v) is 3.62. The van der Waals surface area contributed by atoms with Crippen molar-refractivity contribution in [2.75, 3.05) is 4.90 Å². The third-order valence-corrected chi connectivity index (χ3v) is 4.87. The number of halogens is 3. The Balaban J connectivity index is 1.92. The number of thiocarbonyl (C=S) groups is 1. The molecule has 0 unspecified atom stereocenters. The molecule has 0 atom stereocenters. The maximum Gasteiger partial charge on any atom is 0.416 e. The lowest BCUT2D eigenvalue weighted by atomic mass is 10.1. The summed E-state index contributed by atoms with van der Waals surface area (Å²) in [7, 11) is 0. The zero-order valence-corrected chi connectivity index (χ0v) is 14.6. The molecule has 1 aliphatic heterocycles. The third-order valence-electron chi connectivity index (χ3n) is 3.56. The molecule has 3 nitrogen and oxygen atoms in total. The van der Waals surface area contributed by atoms with Gasteiger partial charge in [-0.15, -0.1) is 0 Å². The van der Waals surface area contributed by atoms with Gasteiger partial charge in [0.05, 0.1) is 27.8 Å². The Morgan fingerprint density at radius 1 is 1.15 bits per heavy atom. The molecule has 130 valence electrons. The Morgan fingerprint density at radius 2 is 1.85 bits per heavy atom. The Hall–Kier alpha value is -2.63. The smallest absolute Gasteiger partial charge is 0.268 e. The molecule has 1 saturated heterocycles. The first-order valence-corrected chi connectivity index (χ1v) is 8.47. The van der Waals surface area contributed by atoms with Gasteiger partial charge >= 0.3 is 6.18 Å². The van der Waals surface area contributed by atoms with E-state index in [-0.39, 0.29) is 10.0 Å². The van der Waals surface area contributed by atoms with E-state index in [1.54, 1.807) is 30.3 Å². The minimum Gasteiger partial charge on any atom is -0.268 e. The molecule has 3 rings (SSSR count). The number of benzene rings is 2. The standard InChI is InChI=1S/C18H9F3N2OS2/c19-18(20,21)13-2-1-3-14(9-13)23-16(24)15(26-17(23)25)8-11-4-6-12(10-22)7-5-11/h1-9H/b15-8-. The van der Waals surface area contributed by atoms with Gasteiger partial charge in [-0.25, -0.2) is 0 Å². The highest BCUT2D eigenvalue weighted by molar-refractivity contribution is 8.27. The van der Waals surface area contributed by atoms with Gasteiger partial charge < -0.3 is 0 Å². The molecule has 1 fully saturated rings. The van der Waals surface area contributed by atoms with Crippen molar-refractivity contribution in [3.8, 4) is 6.07 Å². The predicted octanol–water partition coefficient (Wildman–Crippen LogP) is 4.98. The van der Waals surface area contributed by atoms with Crippen LogP contribution in [0.4, 0.5) is 18.9 Å². The molecule has 0 bridgehead atoms. The first-order valence-electron chi connectivity index (χ1n) is 7.25. The quantitative estimate of drug-likeness (QED) is 0.536. The van der Waals surface area contributed by atoms with Gasteiger partial charge in [0.15, 0.2) is 4.32 Å². The first kappa shape index (κ1) is 18.2. The summed E-state index contributed by atoms with van der Waals surface area (Å²) in [6.45, 7) is 0. The van der Waals surface area contributed by atoms with Crippen LogP contribution in [0.3, 0.4) is 0 Å². The number of anilines is 1. The van der Waals surface area contributed by atoms with Crippen LogP contribution in [0.1, 0.15) is 16.7 Å². The van der Waals surface area contributed by atoms with E-state index in [1.165, 1.54) is 12.1 Å². The van der Waals surface area contributed by atoms with Gasteiger partial charge in [-0.1, -0.05) is 42.2 Å². The molecule has 0 radical (unpaired) electrons. The first-order chi connectivity index (χ1) is 12.3. The second kappa shape index (κ2) is 6.94. The number of carbonyl (C=O) groups is 1. The van der Waals surface area contributed by atoms with Crippen LogP contribution in [0.25, 0.3) is 6.08 Å². The normalized spacial score (nSPS) is 16.2. The van der Waals surface area contributed by atoms with E-state index in [2.05, 4.69) is 0 Å². The number of nitriles is 1. The highest BCUT2D eigenvalue weighted by Gasteiger charge is 2.36. The number of alkyl halides is 3. The van der Waals surface area contributed by atoms with Crippen LogP contribution < -0.4 is 4.90 Å². The van der Waals surface area contributed by atoms with Crippen molar-refractivity contribution in [2.45, 2.75) is 6.18 Å². The van der Waals surface area contributed by atoms with Crippen molar-refractivity contribution in [1.82, 2.24) is 0 Å². The number of nitrogens with zero attached hydrogens (tertiary/aromatic N) is 2. The van der Waals surface area contributed by atoms with Crippen molar-refractivity contribution in [1.29, 1.82) is 5.26 Å². The number of rotatable bonds is 2. The molecule has 0 aliphatic carbocycles. The summed E-state index contributed by atoms with van der Waals surface area (Å²) in [5.41, 5.74) is 0.401. The van der Waals surface area contributed by atoms with Gasteiger partial charge in [-0.3, -0.25) is 9.69 Å². The van der Waals surface area contributed by atoms with Crippen LogP contribution in [0, 0.1) is 11.3 Å². The second-order valence-electron chi connectivity index (χ2n) is 5.30. The van der Waals surface area contributed by atoms with Gasteiger partial charge in [0.2, 0.25) is 0 Å². The van der Waals surface area contributed by atoms with E-state index in [9.17, 15) is 18.0 Å². The lowest BCUT2D eigenvalue weighted by molar-refractivity contribution is -0.137. The van der Waals surface area contributed by atoms with E-state index in [1.807, 2.05) is 6.07 Å². The maximum absolute atomic E-state index is 12.9. The summed E-state index contributed by atoms with van der Waals surface area (Å²) in [6.07, 6.45) is -2.91. The monoisotopic (exact) mass is 390 g/mol. The lowest BCUT2D eigenvalue weighted by Crippen LogP contribution is -2.27. The third kappa shape index (κ3) is 3.64. The summed E-state index contributed by atoms with van der Waals surface area (Å²) < 4.78 is 38.9. The van der Waals surface area contributed by atoms with Crippen LogP contribution in [0.5, 0.6) is 0 Å². The Kier molecular flexibility index (Phi) is 4.85. The molecular weight excluding hydrogens is 381 g/mol. The summed E-state index contributed by atoms with van der Waals surface area (Å²) in [4.78, 5) is 14.0. The van der Waals surface area contributed by atoms with E-state index in [4.69, 9.17) is 17.5 Å². The van der Waals surface area contributed by atoms with Crippen LogP contribution in [-0.2, 0) is 11.0 Å². The SMILES string of the molecule is N#Cc1ccc(/C=C2\SC(=S)N(c3cccc(C(F)(F)F)c3)C2=O)cc1. The van der Waals surface area contributed by atoms with Gasteiger partial charge in [-0.2, -0.15) is 18.4 Å². The lowest BCUT2D eigenvalue weighted by Gasteiger charge is -2.16. The molecule has 1 heterocycles. The Labute approximate surface area is 156 Å². The van der Waals surface area contributed by atoms with Crippen molar-refractivity contribution in [3.63, 3.8) is 0 Å². The highest BCUT2D eigenvalue weighted by Crippen LogP contribution is 2.38.